The molecule has 0 N–H and O–H groups in total. The molecule has 6 nitrogen and oxygen atoms in total. The molecular weight excluding hydrogens is 468 g/mol. The molecular formula is C31H44O6. The summed E-state index contributed by atoms with van der Waals surface area (Å²) >= 11 is 0. The summed E-state index contributed by atoms with van der Waals surface area (Å²) in [5, 5.41) is 0. The number of ether oxygens (including phenoxy) is 3. The van der Waals surface area contributed by atoms with Crippen LogP contribution in [0, 0.1) is 28.6 Å². The van der Waals surface area contributed by atoms with Crippen LogP contribution in [-0.2, 0) is 28.6 Å². The Labute approximate surface area is 221 Å². The van der Waals surface area contributed by atoms with E-state index in [4.69, 9.17) is 14.2 Å². The Morgan fingerprint density at radius 1 is 1.03 bits per heavy atom. The van der Waals surface area contributed by atoms with Crippen LogP contribution in [0.2, 0.25) is 0 Å². The van der Waals surface area contributed by atoms with E-state index in [9.17, 15) is 14.4 Å². The third kappa shape index (κ3) is 3.83. The highest BCUT2D eigenvalue weighted by molar-refractivity contribution is 5.88. The summed E-state index contributed by atoms with van der Waals surface area (Å²) in [5.74, 6) is -0.0337. The first kappa shape index (κ1) is 26.5. The Bertz CT molecular complexity index is 1080. The molecule has 2 fully saturated rings. The minimum absolute atomic E-state index is 0.0244. The Hall–Kier alpha value is -2.11. The molecule has 0 aromatic carbocycles. The van der Waals surface area contributed by atoms with Crippen molar-refractivity contribution in [2.45, 2.75) is 124 Å². The molecule has 0 aromatic rings. The first-order chi connectivity index (χ1) is 17.2. The van der Waals surface area contributed by atoms with Gasteiger partial charge in [-0.1, -0.05) is 32.4 Å². The third-order valence-corrected chi connectivity index (χ3v) is 11.4. The van der Waals surface area contributed by atoms with E-state index in [0.717, 1.165) is 44.9 Å². The maximum absolute atomic E-state index is 12.6. The summed E-state index contributed by atoms with van der Waals surface area (Å²) in [6.45, 7) is 14.4. The number of fused-ring (bicyclic) bond motifs is 4. The van der Waals surface area contributed by atoms with Gasteiger partial charge in [-0.05, 0) is 87.5 Å². The van der Waals surface area contributed by atoms with Crippen molar-refractivity contribution >= 4 is 17.9 Å². The summed E-state index contributed by atoms with van der Waals surface area (Å²) in [7, 11) is 0. The van der Waals surface area contributed by atoms with E-state index >= 15 is 0 Å². The Morgan fingerprint density at radius 3 is 2.43 bits per heavy atom. The number of rotatable bonds is 3. The lowest BCUT2D eigenvalue weighted by Crippen LogP contribution is -2.57. The number of cyclic esters (lactones) is 2. The lowest BCUT2D eigenvalue weighted by Gasteiger charge is -2.58. The van der Waals surface area contributed by atoms with Gasteiger partial charge in [0.15, 0.2) is 0 Å². The molecule has 0 radical (unpaired) electrons. The Morgan fingerprint density at radius 2 is 1.76 bits per heavy atom. The van der Waals surface area contributed by atoms with Crippen LogP contribution in [0.5, 0.6) is 0 Å². The number of hydrogen-bond donors (Lipinski definition) is 0. The SMILES string of the molecule is CC(=O)O[C@]12CCC(=O)OC(C)(C)[C@@H]1CCC1=C2CC[C@]2(C)[C@@H]([C@H](C)C3CC=C(C)C(=O)O3)CC[C@@]12C. The van der Waals surface area contributed by atoms with Crippen molar-refractivity contribution in [2.75, 3.05) is 0 Å². The molecule has 0 bridgehead atoms. The smallest absolute Gasteiger partial charge is 0.333 e. The van der Waals surface area contributed by atoms with Gasteiger partial charge in [-0.2, -0.15) is 0 Å². The second-order valence-electron chi connectivity index (χ2n) is 13.4. The Kier molecular flexibility index (Phi) is 6.23. The average Bonchev–Trinajstić information content (AvgIpc) is 3.04. The van der Waals surface area contributed by atoms with Crippen molar-refractivity contribution in [1.29, 1.82) is 0 Å². The van der Waals surface area contributed by atoms with Gasteiger partial charge in [-0.3, -0.25) is 9.59 Å². The summed E-state index contributed by atoms with van der Waals surface area (Å²) in [4.78, 5) is 37.5. The van der Waals surface area contributed by atoms with Crippen LogP contribution >= 0.6 is 0 Å². The molecule has 37 heavy (non-hydrogen) atoms. The molecule has 0 spiro atoms. The van der Waals surface area contributed by atoms with Gasteiger partial charge in [-0.25, -0.2) is 4.79 Å². The van der Waals surface area contributed by atoms with E-state index in [1.54, 1.807) is 0 Å². The predicted molar refractivity (Wildman–Crippen MR) is 139 cm³/mol. The van der Waals surface area contributed by atoms with Crippen LogP contribution < -0.4 is 0 Å². The van der Waals surface area contributed by atoms with Crippen molar-refractivity contribution in [3.8, 4) is 0 Å². The summed E-state index contributed by atoms with van der Waals surface area (Å²) in [5.41, 5.74) is 1.97. The van der Waals surface area contributed by atoms with Crippen molar-refractivity contribution in [2.24, 2.45) is 28.6 Å². The number of allylic oxidation sites excluding steroid dienone is 1. The first-order valence-corrected chi connectivity index (χ1v) is 14.3. The third-order valence-electron chi connectivity index (χ3n) is 11.4. The summed E-state index contributed by atoms with van der Waals surface area (Å²) in [6.07, 6.45) is 9.31. The highest BCUT2D eigenvalue weighted by Crippen LogP contribution is 2.70. The zero-order valence-corrected chi connectivity index (χ0v) is 23.7. The summed E-state index contributed by atoms with van der Waals surface area (Å²) in [6, 6.07) is 0. The fourth-order valence-corrected chi connectivity index (χ4v) is 9.37. The molecule has 5 aliphatic rings. The van der Waals surface area contributed by atoms with Gasteiger partial charge in [0.1, 0.15) is 17.3 Å². The Balaban J connectivity index is 1.55. The van der Waals surface area contributed by atoms with Crippen LogP contribution in [0.25, 0.3) is 0 Å². The maximum Gasteiger partial charge on any atom is 0.333 e. The molecule has 6 heteroatoms. The average molecular weight is 513 g/mol. The summed E-state index contributed by atoms with van der Waals surface area (Å²) < 4.78 is 18.2. The normalized spacial score (nSPS) is 41.8. The van der Waals surface area contributed by atoms with Gasteiger partial charge in [0.2, 0.25) is 0 Å². The van der Waals surface area contributed by atoms with E-state index < -0.39 is 11.2 Å². The second kappa shape index (κ2) is 8.71. The van der Waals surface area contributed by atoms with Crippen LogP contribution in [0.3, 0.4) is 0 Å². The molecule has 1 unspecified atom stereocenters. The molecule has 0 aromatic heterocycles. The van der Waals surface area contributed by atoms with Gasteiger partial charge >= 0.3 is 17.9 Å². The van der Waals surface area contributed by atoms with Gasteiger partial charge in [0.05, 0.1) is 0 Å². The van der Waals surface area contributed by atoms with Crippen LogP contribution in [0.4, 0.5) is 0 Å². The zero-order chi connectivity index (χ0) is 27.0. The highest BCUT2D eigenvalue weighted by atomic mass is 16.6. The zero-order valence-electron chi connectivity index (χ0n) is 23.7. The second-order valence-corrected chi connectivity index (χ2v) is 13.4. The van der Waals surface area contributed by atoms with Gasteiger partial charge in [-0.15, -0.1) is 0 Å². The molecule has 2 heterocycles. The molecule has 7 atom stereocenters. The van der Waals surface area contributed by atoms with E-state index in [2.05, 4.69) is 20.8 Å². The minimum atomic E-state index is -0.787. The van der Waals surface area contributed by atoms with Gasteiger partial charge in [0.25, 0.3) is 0 Å². The van der Waals surface area contributed by atoms with Gasteiger partial charge in [0, 0.05) is 37.7 Å². The van der Waals surface area contributed by atoms with Crippen molar-refractivity contribution in [1.82, 2.24) is 0 Å². The van der Waals surface area contributed by atoms with Crippen molar-refractivity contribution in [3.05, 3.63) is 22.8 Å². The minimum Gasteiger partial charge on any atom is -0.459 e. The van der Waals surface area contributed by atoms with E-state index in [1.165, 1.54) is 18.1 Å². The number of carbonyl (C=O) groups is 3. The number of esters is 3. The molecule has 3 aliphatic carbocycles. The van der Waals surface area contributed by atoms with Crippen LogP contribution in [0.1, 0.15) is 106 Å². The largest absolute Gasteiger partial charge is 0.459 e. The molecule has 2 aliphatic heterocycles. The molecule has 204 valence electrons. The fourth-order valence-electron chi connectivity index (χ4n) is 9.37. The van der Waals surface area contributed by atoms with Gasteiger partial charge < -0.3 is 14.2 Å². The molecule has 0 amide bonds. The van der Waals surface area contributed by atoms with Crippen molar-refractivity contribution in [3.63, 3.8) is 0 Å². The number of carbonyl (C=O) groups excluding carboxylic acids is 3. The standard InChI is InChI=1S/C31H44O6/c1-18-8-10-24(35-27(18)34)19(2)21-12-15-30(7)22-9-11-25-28(4,5)37-26(33)14-17-31(25,36-20(3)32)23(22)13-16-29(21,30)6/h8,19,21,24-25H,9-17H2,1-7H3/t19-,21+,24?,25-,29+,30-,31-/m0/s1. The molecule has 5 rings (SSSR count). The monoisotopic (exact) mass is 512 g/mol. The molecule has 1 saturated heterocycles. The quantitative estimate of drug-likeness (QED) is 0.254. The van der Waals surface area contributed by atoms with Crippen molar-refractivity contribution < 1.29 is 28.6 Å². The van der Waals surface area contributed by atoms with E-state index in [0.29, 0.717) is 17.9 Å². The maximum atomic E-state index is 12.6. The molecule has 1 saturated carbocycles. The lowest BCUT2D eigenvalue weighted by atomic mass is 9.48. The predicted octanol–water partition coefficient (Wildman–Crippen LogP) is 6.22. The van der Waals surface area contributed by atoms with E-state index in [-0.39, 0.29) is 53.1 Å². The highest BCUT2D eigenvalue weighted by Gasteiger charge is 2.65. The van der Waals surface area contributed by atoms with E-state index in [1.807, 2.05) is 26.8 Å². The van der Waals surface area contributed by atoms with Crippen LogP contribution in [0.15, 0.2) is 22.8 Å². The topological polar surface area (TPSA) is 78.9 Å². The number of hydrogen-bond acceptors (Lipinski definition) is 6. The fraction of sp³-hybridized carbons (Fsp3) is 0.774. The lowest BCUT2D eigenvalue weighted by molar-refractivity contribution is -0.178. The van der Waals surface area contributed by atoms with Crippen LogP contribution in [-0.4, -0.2) is 35.2 Å². The first-order valence-electron chi connectivity index (χ1n) is 14.3.